The number of nitrogens with zero attached hydrogens (tertiary/aromatic N) is 6. The maximum atomic E-state index is 5.40. The van der Waals surface area contributed by atoms with Gasteiger partial charge in [0.25, 0.3) is 0 Å². The smallest absolute Gasteiger partial charge is 0.165 e. The summed E-state index contributed by atoms with van der Waals surface area (Å²) in [5.74, 6) is 0.793. The van der Waals surface area contributed by atoms with Gasteiger partial charge >= 0.3 is 0 Å². The maximum absolute atomic E-state index is 5.40. The highest BCUT2D eigenvalue weighted by Gasteiger charge is 2.15. The van der Waals surface area contributed by atoms with E-state index in [2.05, 4.69) is 34.6 Å². The van der Waals surface area contributed by atoms with Crippen LogP contribution in [0, 0.1) is 0 Å². The molecule has 0 aliphatic carbocycles. The van der Waals surface area contributed by atoms with Gasteiger partial charge in [0.05, 0.1) is 39.4 Å². The molecule has 0 aromatic carbocycles. The Labute approximate surface area is 146 Å². The van der Waals surface area contributed by atoms with Crippen LogP contribution < -0.4 is 5.32 Å². The van der Waals surface area contributed by atoms with Gasteiger partial charge in [0.2, 0.25) is 0 Å². The van der Waals surface area contributed by atoms with Crippen molar-refractivity contribution in [2.24, 2.45) is 0 Å². The molecular weight excluding hydrogens is 322 g/mol. The number of fused-ring (bicyclic) bond motifs is 1. The number of imidazole rings is 1. The lowest BCUT2D eigenvalue weighted by Crippen LogP contribution is -2.39. The molecule has 0 amide bonds. The van der Waals surface area contributed by atoms with Crippen LogP contribution in [0.3, 0.4) is 0 Å². The van der Waals surface area contributed by atoms with Crippen LogP contribution in [0.2, 0.25) is 0 Å². The molecule has 136 valence electrons. The van der Waals surface area contributed by atoms with Gasteiger partial charge in [-0.25, -0.2) is 15.0 Å². The van der Waals surface area contributed by atoms with E-state index in [1.54, 1.807) is 6.33 Å². The topological polar surface area (TPSA) is 80.6 Å². The Hall–Kier alpha value is -1.81. The van der Waals surface area contributed by atoms with Crippen LogP contribution >= 0.6 is 0 Å². The third-order valence-electron chi connectivity index (χ3n) is 4.74. The van der Waals surface area contributed by atoms with Gasteiger partial charge in [0.1, 0.15) is 11.8 Å². The Bertz CT molecular complexity index is 680. The summed E-state index contributed by atoms with van der Waals surface area (Å²) in [4.78, 5) is 18.1. The predicted molar refractivity (Wildman–Crippen MR) is 93.5 cm³/mol. The van der Waals surface area contributed by atoms with E-state index in [1.165, 1.54) is 0 Å². The van der Waals surface area contributed by atoms with Crippen LogP contribution in [0.15, 0.2) is 12.7 Å². The number of nitrogens with one attached hydrogen (secondary N) is 1. The SMILES string of the molecule is c1nc(NCN2CCOCC2)c2ncn(CCN3CCOCC3)c2n1. The van der Waals surface area contributed by atoms with E-state index in [0.29, 0.717) is 0 Å². The third kappa shape index (κ3) is 4.06. The highest BCUT2D eigenvalue weighted by molar-refractivity contribution is 5.82. The molecule has 2 aromatic rings. The lowest BCUT2D eigenvalue weighted by atomic mass is 10.4. The summed E-state index contributed by atoms with van der Waals surface area (Å²) in [5.41, 5.74) is 1.71. The predicted octanol–water partition coefficient (Wildman–Crippen LogP) is -0.140. The summed E-state index contributed by atoms with van der Waals surface area (Å²) in [6, 6.07) is 0. The molecule has 2 aromatic heterocycles. The van der Waals surface area contributed by atoms with Gasteiger partial charge < -0.3 is 19.4 Å². The molecule has 9 heteroatoms. The number of hydrogen-bond acceptors (Lipinski definition) is 8. The average molecular weight is 347 g/mol. The normalized spacial score (nSPS) is 20.2. The van der Waals surface area contributed by atoms with E-state index in [0.717, 1.165) is 89.3 Å². The second-order valence-electron chi connectivity index (χ2n) is 6.35. The summed E-state index contributed by atoms with van der Waals surface area (Å²) < 4.78 is 12.9. The minimum atomic E-state index is 0.746. The fourth-order valence-corrected chi connectivity index (χ4v) is 3.19. The molecule has 25 heavy (non-hydrogen) atoms. The maximum Gasteiger partial charge on any atom is 0.165 e. The first-order valence-corrected chi connectivity index (χ1v) is 8.90. The molecular formula is C16H25N7O2. The van der Waals surface area contributed by atoms with Gasteiger partial charge in [-0.1, -0.05) is 0 Å². The molecule has 0 bridgehead atoms. The molecule has 2 aliphatic rings. The molecule has 0 atom stereocenters. The van der Waals surface area contributed by atoms with Gasteiger partial charge in [-0.05, 0) is 0 Å². The summed E-state index contributed by atoms with van der Waals surface area (Å²) in [6.07, 6.45) is 3.47. The Morgan fingerprint density at radius 3 is 2.36 bits per heavy atom. The number of anilines is 1. The van der Waals surface area contributed by atoms with Crippen molar-refractivity contribution in [1.82, 2.24) is 29.3 Å². The second-order valence-corrected chi connectivity index (χ2v) is 6.35. The minimum absolute atomic E-state index is 0.746. The van der Waals surface area contributed by atoms with Gasteiger partial charge in [-0.2, -0.15) is 0 Å². The van der Waals surface area contributed by atoms with Gasteiger partial charge in [0, 0.05) is 39.3 Å². The Morgan fingerprint density at radius 1 is 0.880 bits per heavy atom. The van der Waals surface area contributed by atoms with Crippen LogP contribution in [0.1, 0.15) is 0 Å². The van der Waals surface area contributed by atoms with Crippen molar-refractivity contribution in [3.05, 3.63) is 12.7 Å². The lowest BCUT2D eigenvalue weighted by Gasteiger charge is -2.26. The fourth-order valence-electron chi connectivity index (χ4n) is 3.19. The first kappa shape index (κ1) is 16.6. The number of morpholine rings is 2. The molecule has 4 heterocycles. The van der Waals surface area contributed by atoms with Crippen molar-refractivity contribution in [2.75, 3.05) is 71.1 Å². The van der Waals surface area contributed by atoms with Crippen LogP contribution in [-0.4, -0.2) is 95.1 Å². The van der Waals surface area contributed by atoms with E-state index >= 15 is 0 Å². The number of ether oxygens (including phenoxy) is 2. The van der Waals surface area contributed by atoms with Crippen molar-refractivity contribution in [3.63, 3.8) is 0 Å². The molecule has 0 radical (unpaired) electrons. The molecule has 0 spiro atoms. The van der Waals surface area contributed by atoms with Crippen LogP contribution in [0.25, 0.3) is 11.2 Å². The molecule has 4 rings (SSSR count). The molecule has 1 N–H and O–H groups in total. The van der Waals surface area contributed by atoms with Crippen molar-refractivity contribution in [3.8, 4) is 0 Å². The highest BCUT2D eigenvalue weighted by Crippen LogP contribution is 2.17. The van der Waals surface area contributed by atoms with Crippen LogP contribution in [0.5, 0.6) is 0 Å². The number of aromatic nitrogens is 4. The first-order chi connectivity index (χ1) is 12.4. The molecule has 2 fully saturated rings. The zero-order valence-corrected chi connectivity index (χ0v) is 14.4. The summed E-state index contributed by atoms with van der Waals surface area (Å²) in [6.45, 7) is 9.69. The van der Waals surface area contributed by atoms with Crippen molar-refractivity contribution >= 4 is 17.0 Å². The third-order valence-corrected chi connectivity index (χ3v) is 4.74. The standard InChI is InChI=1S/C16H25N7O2/c1(21-3-7-24-8-4-21)2-23-13-19-14-15(17-11-18-16(14)23)20-12-22-5-9-25-10-6-22/h11,13H,1-10,12H2,(H,17,18,20). The fraction of sp³-hybridized carbons (Fsp3) is 0.688. The minimum Gasteiger partial charge on any atom is -0.379 e. The Kier molecular flexibility index (Phi) is 5.36. The van der Waals surface area contributed by atoms with E-state index in [-0.39, 0.29) is 0 Å². The zero-order chi connectivity index (χ0) is 16.9. The quantitative estimate of drug-likeness (QED) is 0.773. The summed E-state index contributed by atoms with van der Waals surface area (Å²) >= 11 is 0. The molecule has 9 nitrogen and oxygen atoms in total. The van der Waals surface area contributed by atoms with Crippen molar-refractivity contribution in [2.45, 2.75) is 6.54 Å². The van der Waals surface area contributed by atoms with E-state index in [4.69, 9.17) is 9.47 Å². The van der Waals surface area contributed by atoms with E-state index < -0.39 is 0 Å². The zero-order valence-electron chi connectivity index (χ0n) is 14.4. The summed E-state index contributed by atoms with van der Waals surface area (Å²) in [7, 11) is 0. The Morgan fingerprint density at radius 2 is 1.60 bits per heavy atom. The van der Waals surface area contributed by atoms with Crippen molar-refractivity contribution < 1.29 is 9.47 Å². The monoisotopic (exact) mass is 347 g/mol. The molecule has 0 saturated carbocycles. The number of hydrogen-bond donors (Lipinski definition) is 1. The first-order valence-electron chi connectivity index (χ1n) is 8.90. The molecule has 2 saturated heterocycles. The second kappa shape index (κ2) is 8.05. The summed E-state index contributed by atoms with van der Waals surface area (Å²) in [5, 5.41) is 3.39. The van der Waals surface area contributed by atoms with Crippen LogP contribution in [0.4, 0.5) is 5.82 Å². The molecule has 2 aliphatic heterocycles. The highest BCUT2D eigenvalue weighted by atomic mass is 16.5. The largest absolute Gasteiger partial charge is 0.379 e. The average Bonchev–Trinajstić information content (AvgIpc) is 3.10. The molecule has 0 unspecified atom stereocenters. The van der Waals surface area contributed by atoms with Gasteiger partial charge in [-0.3, -0.25) is 9.80 Å². The van der Waals surface area contributed by atoms with Gasteiger partial charge in [0.15, 0.2) is 11.5 Å². The van der Waals surface area contributed by atoms with E-state index in [9.17, 15) is 0 Å². The van der Waals surface area contributed by atoms with Crippen molar-refractivity contribution in [1.29, 1.82) is 0 Å². The van der Waals surface area contributed by atoms with E-state index in [1.807, 2.05) is 6.33 Å². The number of rotatable bonds is 6. The van der Waals surface area contributed by atoms with Gasteiger partial charge in [-0.15, -0.1) is 0 Å². The Balaban J connectivity index is 1.40. The van der Waals surface area contributed by atoms with Crippen LogP contribution in [-0.2, 0) is 16.0 Å². The lowest BCUT2D eigenvalue weighted by molar-refractivity contribution is 0.0365.